The van der Waals surface area contributed by atoms with E-state index >= 15 is 0 Å². The van der Waals surface area contributed by atoms with Crippen LogP contribution in [0.25, 0.3) is 0 Å². The minimum absolute atomic E-state index is 0.0892. The topological polar surface area (TPSA) is 66.4 Å². The molecule has 0 atom stereocenters. The van der Waals surface area contributed by atoms with Crippen LogP contribution in [0.15, 0.2) is 18.2 Å². The van der Waals surface area contributed by atoms with E-state index < -0.39 is 28.4 Å². The first kappa shape index (κ1) is 17.1. The molecule has 0 spiro atoms. The molecule has 2 N–H and O–H groups in total. The Morgan fingerprint density at radius 2 is 1.76 bits per heavy atom. The van der Waals surface area contributed by atoms with Gasteiger partial charge in [0, 0.05) is 24.4 Å². The van der Waals surface area contributed by atoms with Gasteiger partial charge in [0.15, 0.2) is 0 Å². The van der Waals surface area contributed by atoms with Gasteiger partial charge in [0.05, 0.1) is 5.56 Å². The number of aromatic carboxylic acids is 1. The van der Waals surface area contributed by atoms with E-state index in [2.05, 4.69) is 5.32 Å². The molecule has 0 bridgehead atoms. The number of nitrogens with one attached hydrogen (secondary N) is 1. The summed E-state index contributed by atoms with van der Waals surface area (Å²) in [7, 11) is 0. The molecule has 21 heavy (non-hydrogen) atoms. The highest BCUT2D eigenvalue weighted by atomic mass is 19.3. The number of carboxylic acids is 1. The molecule has 1 amide bonds. The fourth-order valence-corrected chi connectivity index (χ4v) is 1.71. The molecule has 116 valence electrons. The first-order chi connectivity index (χ1) is 9.43. The largest absolute Gasteiger partial charge is 0.478 e. The molecule has 0 aliphatic rings. The van der Waals surface area contributed by atoms with Gasteiger partial charge in [-0.3, -0.25) is 4.79 Å². The lowest BCUT2D eigenvalue weighted by Crippen LogP contribution is -2.34. The SMILES string of the molecule is CC(C)(C)C(=O)NCc1ccc(C(C)(F)F)c(C(=O)O)c1. The Balaban J connectivity index is 3.00. The van der Waals surface area contributed by atoms with E-state index in [1.165, 1.54) is 6.07 Å². The van der Waals surface area contributed by atoms with Crippen molar-refractivity contribution in [3.05, 3.63) is 34.9 Å². The van der Waals surface area contributed by atoms with Gasteiger partial charge < -0.3 is 10.4 Å². The summed E-state index contributed by atoms with van der Waals surface area (Å²) in [5.41, 5.74) is -1.12. The molecule has 0 saturated heterocycles. The number of carboxylic acid groups (broad SMARTS) is 1. The number of carbonyl (C=O) groups is 2. The van der Waals surface area contributed by atoms with Crippen LogP contribution in [-0.4, -0.2) is 17.0 Å². The molecule has 0 unspecified atom stereocenters. The van der Waals surface area contributed by atoms with Crippen molar-refractivity contribution in [3.63, 3.8) is 0 Å². The molecular formula is C15H19F2NO3. The lowest BCUT2D eigenvalue weighted by molar-refractivity contribution is -0.128. The van der Waals surface area contributed by atoms with Gasteiger partial charge in [-0.25, -0.2) is 13.6 Å². The van der Waals surface area contributed by atoms with Gasteiger partial charge in [-0.1, -0.05) is 32.9 Å². The smallest absolute Gasteiger partial charge is 0.336 e. The second-order valence-corrected chi connectivity index (χ2v) is 6.01. The standard InChI is InChI=1S/C15H19F2NO3/c1-14(2,3)13(21)18-8-9-5-6-11(15(4,16)17)10(7-9)12(19)20/h5-7H,8H2,1-4H3,(H,18,21)(H,19,20). The average Bonchev–Trinajstić information content (AvgIpc) is 2.33. The van der Waals surface area contributed by atoms with Gasteiger partial charge in [-0.2, -0.15) is 0 Å². The maximum Gasteiger partial charge on any atom is 0.336 e. The summed E-state index contributed by atoms with van der Waals surface area (Å²) < 4.78 is 26.7. The molecule has 0 saturated carbocycles. The van der Waals surface area contributed by atoms with Gasteiger partial charge in [-0.15, -0.1) is 0 Å². The van der Waals surface area contributed by atoms with Crippen LogP contribution in [0.2, 0.25) is 0 Å². The molecule has 0 heterocycles. The van der Waals surface area contributed by atoms with Crippen LogP contribution in [0.3, 0.4) is 0 Å². The fraction of sp³-hybridized carbons (Fsp3) is 0.467. The minimum Gasteiger partial charge on any atom is -0.478 e. The van der Waals surface area contributed by atoms with Crippen molar-refractivity contribution in [1.82, 2.24) is 5.32 Å². The van der Waals surface area contributed by atoms with Crippen LogP contribution in [0, 0.1) is 5.41 Å². The molecule has 1 aromatic carbocycles. The van der Waals surface area contributed by atoms with Crippen molar-refractivity contribution in [3.8, 4) is 0 Å². The first-order valence-electron chi connectivity index (χ1n) is 6.45. The van der Waals surface area contributed by atoms with E-state index in [9.17, 15) is 18.4 Å². The van der Waals surface area contributed by atoms with Crippen LogP contribution in [-0.2, 0) is 17.3 Å². The Bertz CT molecular complexity index is 557. The van der Waals surface area contributed by atoms with Crippen LogP contribution in [0.4, 0.5) is 8.78 Å². The van der Waals surface area contributed by atoms with Gasteiger partial charge in [0.2, 0.25) is 5.91 Å². The van der Waals surface area contributed by atoms with Gasteiger partial charge in [0.25, 0.3) is 5.92 Å². The summed E-state index contributed by atoms with van der Waals surface area (Å²) in [6.45, 7) is 5.96. The van der Waals surface area contributed by atoms with Crippen LogP contribution in [0.1, 0.15) is 49.2 Å². The van der Waals surface area contributed by atoms with E-state index in [0.29, 0.717) is 12.5 Å². The highest BCUT2D eigenvalue weighted by molar-refractivity contribution is 5.90. The second-order valence-electron chi connectivity index (χ2n) is 6.01. The number of benzene rings is 1. The van der Waals surface area contributed by atoms with E-state index in [0.717, 1.165) is 12.1 Å². The molecule has 0 fully saturated rings. The Morgan fingerprint density at radius 3 is 2.19 bits per heavy atom. The molecule has 0 radical (unpaired) electrons. The highest BCUT2D eigenvalue weighted by Crippen LogP contribution is 2.30. The summed E-state index contributed by atoms with van der Waals surface area (Å²) in [4.78, 5) is 22.8. The number of rotatable bonds is 4. The average molecular weight is 299 g/mol. The summed E-state index contributed by atoms with van der Waals surface area (Å²) in [6.07, 6.45) is 0. The molecular weight excluding hydrogens is 280 g/mol. The van der Waals surface area contributed by atoms with E-state index in [-0.39, 0.29) is 12.5 Å². The number of amides is 1. The van der Waals surface area contributed by atoms with Crippen molar-refractivity contribution in [2.24, 2.45) is 5.41 Å². The van der Waals surface area contributed by atoms with Gasteiger partial charge in [-0.05, 0) is 11.6 Å². The normalized spacial score (nSPS) is 12.1. The quantitative estimate of drug-likeness (QED) is 0.897. The fourth-order valence-electron chi connectivity index (χ4n) is 1.71. The zero-order valence-corrected chi connectivity index (χ0v) is 12.5. The number of hydrogen-bond acceptors (Lipinski definition) is 2. The third kappa shape index (κ3) is 4.51. The maximum absolute atomic E-state index is 13.3. The number of hydrogen-bond donors (Lipinski definition) is 2. The number of carbonyl (C=O) groups excluding carboxylic acids is 1. The third-order valence-corrected chi connectivity index (χ3v) is 2.92. The minimum atomic E-state index is -3.24. The van der Waals surface area contributed by atoms with Gasteiger partial charge >= 0.3 is 5.97 Å². The zero-order valence-electron chi connectivity index (χ0n) is 12.5. The lowest BCUT2D eigenvalue weighted by atomic mass is 9.95. The van der Waals surface area contributed by atoms with Gasteiger partial charge in [0.1, 0.15) is 0 Å². The van der Waals surface area contributed by atoms with Crippen LogP contribution < -0.4 is 5.32 Å². The summed E-state index contributed by atoms with van der Waals surface area (Å²) in [6, 6.07) is 3.64. The zero-order chi connectivity index (χ0) is 16.4. The Hall–Kier alpha value is -1.98. The molecule has 0 aliphatic heterocycles. The van der Waals surface area contributed by atoms with Crippen molar-refractivity contribution in [1.29, 1.82) is 0 Å². The molecule has 1 rings (SSSR count). The summed E-state index contributed by atoms with van der Waals surface area (Å²) >= 11 is 0. The predicted molar refractivity (Wildman–Crippen MR) is 74.3 cm³/mol. The number of halogens is 2. The van der Waals surface area contributed by atoms with E-state index in [1.54, 1.807) is 20.8 Å². The van der Waals surface area contributed by atoms with Crippen molar-refractivity contribution < 1.29 is 23.5 Å². The van der Waals surface area contributed by atoms with Crippen LogP contribution >= 0.6 is 0 Å². The Kier molecular flexibility index (Phi) is 4.71. The van der Waals surface area contributed by atoms with Crippen molar-refractivity contribution in [2.75, 3.05) is 0 Å². The van der Waals surface area contributed by atoms with E-state index in [4.69, 9.17) is 5.11 Å². The Labute approximate surface area is 122 Å². The lowest BCUT2D eigenvalue weighted by Gasteiger charge is -2.18. The second kappa shape index (κ2) is 5.79. The molecule has 1 aromatic rings. The van der Waals surface area contributed by atoms with E-state index in [1.807, 2.05) is 0 Å². The van der Waals surface area contributed by atoms with Crippen molar-refractivity contribution >= 4 is 11.9 Å². The van der Waals surface area contributed by atoms with Crippen molar-refractivity contribution in [2.45, 2.75) is 40.2 Å². The molecule has 0 aromatic heterocycles. The van der Waals surface area contributed by atoms with Crippen LogP contribution in [0.5, 0.6) is 0 Å². The summed E-state index contributed by atoms with van der Waals surface area (Å²) in [5, 5.41) is 11.7. The third-order valence-electron chi connectivity index (χ3n) is 2.92. The predicted octanol–water partition coefficient (Wildman–Crippen LogP) is 3.16. The molecule has 0 aliphatic carbocycles. The Morgan fingerprint density at radius 1 is 1.19 bits per heavy atom. The number of alkyl halides is 2. The highest BCUT2D eigenvalue weighted by Gasteiger charge is 2.30. The summed E-state index contributed by atoms with van der Waals surface area (Å²) in [5.74, 6) is -4.86. The monoisotopic (exact) mass is 299 g/mol. The maximum atomic E-state index is 13.3. The first-order valence-corrected chi connectivity index (χ1v) is 6.45. The molecule has 6 heteroatoms. The molecule has 4 nitrogen and oxygen atoms in total.